The maximum atomic E-state index is 12.6. The van der Waals surface area contributed by atoms with Gasteiger partial charge < -0.3 is 5.11 Å². The summed E-state index contributed by atoms with van der Waals surface area (Å²) in [4.78, 5) is 13.6. The van der Waals surface area contributed by atoms with Crippen LogP contribution in [0.2, 0.25) is 0 Å². The summed E-state index contributed by atoms with van der Waals surface area (Å²) in [6, 6.07) is 3.46. The number of hydrogen-bond donors (Lipinski definition) is 1. The van der Waals surface area contributed by atoms with Crippen molar-refractivity contribution < 1.29 is 18.3 Å². The van der Waals surface area contributed by atoms with Gasteiger partial charge in [-0.25, -0.2) is 8.42 Å². The van der Waals surface area contributed by atoms with E-state index < -0.39 is 16.0 Å². The van der Waals surface area contributed by atoms with Crippen LogP contribution in [0.15, 0.2) is 16.3 Å². The fraction of sp³-hybridized carbons (Fsp3) is 0.615. The van der Waals surface area contributed by atoms with Crippen molar-refractivity contribution in [1.82, 2.24) is 9.21 Å². The van der Waals surface area contributed by atoms with Crippen molar-refractivity contribution in [3.63, 3.8) is 0 Å². The van der Waals surface area contributed by atoms with E-state index in [1.54, 1.807) is 10.4 Å². The molecule has 2 saturated heterocycles. The molecular formula is C13H18N2O4S2. The van der Waals surface area contributed by atoms with Gasteiger partial charge in [0, 0.05) is 30.6 Å². The maximum Gasteiger partial charge on any atom is 0.308 e. The fourth-order valence-electron chi connectivity index (χ4n) is 3.05. The van der Waals surface area contributed by atoms with E-state index in [1.165, 1.54) is 6.07 Å². The number of sulfonamides is 1. The predicted molar refractivity (Wildman–Crippen MR) is 79.0 cm³/mol. The Kier molecular flexibility index (Phi) is 4.04. The van der Waals surface area contributed by atoms with Crippen LogP contribution in [0.3, 0.4) is 0 Å². The van der Waals surface area contributed by atoms with Gasteiger partial charge in [-0.3, -0.25) is 9.69 Å². The van der Waals surface area contributed by atoms with Crippen LogP contribution in [0, 0.1) is 0 Å². The second-order valence-corrected chi connectivity index (χ2v) is 8.82. The Morgan fingerprint density at radius 3 is 2.90 bits per heavy atom. The van der Waals surface area contributed by atoms with Crippen molar-refractivity contribution in [2.45, 2.75) is 29.5 Å². The molecule has 1 atom stereocenters. The van der Waals surface area contributed by atoms with Gasteiger partial charge in [-0.15, -0.1) is 11.3 Å². The summed E-state index contributed by atoms with van der Waals surface area (Å²) in [5.41, 5.74) is 0. The molecule has 6 nitrogen and oxygen atoms in total. The minimum atomic E-state index is -3.48. The summed E-state index contributed by atoms with van der Waals surface area (Å²) in [6.45, 7) is 2.93. The third-order valence-corrected chi connectivity index (χ3v) is 7.52. The molecule has 8 heteroatoms. The Hall–Kier alpha value is -0.960. The first-order valence-corrected chi connectivity index (χ1v) is 9.27. The first-order valence-electron chi connectivity index (χ1n) is 7.01. The smallest absolute Gasteiger partial charge is 0.308 e. The number of piperazine rings is 1. The number of carbonyl (C=O) groups is 1. The summed E-state index contributed by atoms with van der Waals surface area (Å²) in [5.74, 6) is -0.944. The van der Waals surface area contributed by atoms with E-state index in [0.717, 1.165) is 37.3 Å². The van der Waals surface area contributed by atoms with Gasteiger partial charge in [0.2, 0.25) is 0 Å². The van der Waals surface area contributed by atoms with E-state index in [2.05, 4.69) is 4.90 Å². The largest absolute Gasteiger partial charge is 0.481 e. The fourth-order valence-corrected chi connectivity index (χ4v) is 6.02. The Bertz CT molecular complexity index is 640. The monoisotopic (exact) mass is 330 g/mol. The summed E-state index contributed by atoms with van der Waals surface area (Å²) in [6.07, 6.45) is 2.07. The highest BCUT2D eigenvalue weighted by Crippen LogP contribution is 2.29. The molecule has 2 aliphatic rings. The van der Waals surface area contributed by atoms with Crippen LogP contribution < -0.4 is 0 Å². The number of carboxylic acids is 1. The lowest BCUT2D eigenvalue weighted by atomic mass is 10.2. The standard InChI is InChI=1S/C13H18N2O4S2/c16-12(17)8-11-3-4-13(20-11)21(18,19)15-7-6-14-5-1-2-10(14)9-15/h3-4,10H,1-2,5-9H2,(H,16,17). The third-order valence-electron chi connectivity index (χ3n) is 4.11. The average molecular weight is 330 g/mol. The normalized spacial score (nSPS) is 24.1. The lowest BCUT2D eigenvalue weighted by molar-refractivity contribution is -0.136. The Balaban J connectivity index is 1.77. The highest BCUT2D eigenvalue weighted by Gasteiger charge is 2.36. The van der Waals surface area contributed by atoms with E-state index in [1.807, 2.05) is 0 Å². The summed E-state index contributed by atoms with van der Waals surface area (Å²) >= 11 is 1.06. The summed E-state index contributed by atoms with van der Waals surface area (Å²) in [7, 11) is -3.48. The van der Waals surface area contributed by atoms with Crippen molar-refractivity contribution in [1.29, 1.82) is 0 Å². The van der Waals surface area contributed by atoms with Gasteiger partial charge in [0.05, 0.1) is 6.42 Å². The number of nitrogens with zero attached hydrogens (tertiary/aromatic N) is 2. The molecule has 0 spiro atoms. The van der Waals surface area contributed by atoms with E-state index >= 15 is 0 Å². The molecule has 0 amide bonds. The molecule has 1 unspecified atom stereocenters. The first-order chi connectivity index (χ1) is 9.96. The second kappa shape index (κ2) is 5.68. The number of aliphatic carboxylic acids is 1. The molecular weight excluding hydrogens is 312 g/mol. The van der Waals surface area contributed by atoms with Crippen LogP contribution in [0.5, 0.6) is 0 Å². The summed E-state index contributed by atoms with van der Waals surface area (Å²) in [5, 5.41) is 8.77. The van der Waals surface area contributed by atoms with Crippen LogP contribution in [0.4, 0.5) is 0 Å². The van der Waals surface area contributed by atoms with Crippen LogP contribution in [0.25, 0.3) is 0 Å². The second-order valence-electron chi connectivity index (χ2n) is 5.49. The molecule has 2 aliphatic heterocycles. The number of rotatable bonds is 4. The maximum absolute atomic E-state index is 12.6. The molecule has 0 saturated carbocycles. The van der Waals surface area contributed by atoms with Crippen LogP contribution in [0.1, 0.15) is 17.7 Å². The van der Waals surface area contributed by atoms with E-state index in [-0.39, 0.29) is 10.6 Å². The highest BCUT2D eigenvalue weighted by molar-refractivity contribution is 7.91. The van der Waals surface area contributed by atoms with Gasteiger partial charge in [0.25, 0.3) is 10.0 Å². The average Bonchev–Trinajstić information content (AvgIpc) is 3.05. The molecule has 116 valence electrons. The minimum Gasteiger partial charge on any atom is -0.481 e. The van der Waals surface area contributed by atoms with Crippen LogP contribution >= 0.6 is 11.3 Å². The van der Waals surface area contributed by atoms with Crippen molar-refractivity contribution in [2.75, 3.05) is 26.2 Å². The van der Waals surface area contributed by atoms with Gasteiger partial charge >= 0.3 is 5.97 Å². The Morgan fingerprint density at radius 2 is 2.14 bits per heavy atom. The SMILES string of the molecule is O=C(O)Cc1ccc(S(=O)(=O)N2CCN3CCCC3C2)s1. The quantitative estimate of drug-likeness (QED) is 0.885. The molecule has 2 fully saturated rings. The molecule has 3 heterocycles. The van der Waals surface area contributed by atoms with Gasteiger partial charge in [0.15, 0.2) is 0 Å². The number of thiophene rings is 1. The Morgan fingerprint density at radius 1 is 1.33 bits per heavy atom. The molecule has 1 N–H and O–H groups in total. The highest BCUT2D eigenvalue weighted by atomic mass is 32.2. The zero-order valence-corrected chi connectivity index (χ0v) is 13.2. The lowest BCUT2D eigenvalue weighted by Gasteiger charge is -2.36. The summed E-state index contributed by atoms with van der Waals surface area (Å²) < 4.78 is 27.1. The first kappa shape index (κ1) is 15.0. The van der Waals surface area contributed by atoms with Gasteiger partial charge in [0.1, 0.15) is 4.21 Å². The van der Waals surface area contributed by atoms with Crippen molar-refractivity contribution >= 4 is 27.3 Å². The van der Waals surface area contributed by atoms with E-state index in [0.29, 0.717) is 24.0 Å². The molecule has 0 aromatic carbocycles. The number of hydrogen-bond acceptors (Lipinski definition) is 5. The lowest BCUT2D eigenvalue weighted by Crippen LogP contribution is -2.51. The predicted octanol–water partition coefficient (Wildman–Crippen LogP) is 0.844. The topological polar surface area (TPSA) is 77.9 Å². The molecule has 21 heavy (non-hydrogen) atoms. The van der Waals surface area contributed by atoms with Gasteiger partial charge in [-0.05, 0) is 31.5 Å². The zero-order valence-electron chi connectivity index (χ0n) is 11.6. The van der Waals surface area contributed by atoms with Crippen molar-refractivity contribution in [3.05, 3.63) is 17.0 Å². The molecule has 3 rings (SSSR count). The van der Waals surface area contributed by atoms with Crippen LogP contribution in [-0.4, -0.2) is 60.9 Å². The van der Waals surface area contributed by atoms with Crippen molar-refractivity contribution in [3.8, 4) is 0 Å². The van der Waals surface area contributed by atoms with E-state index in [9.17, 15) is 13.2 Å². The van der Waals surface area contributed by atoms with Gasteiger partial charge in [-0.2, -0.15) is 4.31 Å². The molecule has 0 bridgehead atoms. The molecule has 0 radical (unpaired) electrons. The number of carboxylic acid groups (broad SMARTS) is 1. The van der Waals surface area contributed by atoms with Gasteiger partial charge in [-0.1, -0.05) is 0 Å². The van der Waals surface area contributed by atoms with Crippen molar-refractivity contribution in [2.24, 2.45) is 0 Å². The molecule has 1 aromatic heterocycles. The minimum absolute atomic E-state index is 0.128. The molecule has 0 aliphatic carbocycles. The Labute approximate surface area is 128 Å². The molecule has 1 aromatic rings. The van der Waals surface area contributed by atoms with Crippen LogP contribution in [-0.2, 0) is 21.2 Å². The third kappa shape index (κ3) is 2.98. The van der Waals surface area contributed by atoms with E-state index in [4.69, 9.17) is 5.11 Å². The number of fused-ring (bicyclic) bond motifs is 1. The zero-order chi connectivity index (χ0) is 15.0.